The fraction of sp³-hybridized carbons (Fsp3) is 0.700. The molecule has 0 heterocycles. The maximum Gasteiger partial charge on any atom is 0.325 e. The van der Waals surface area contributed by atoms with Gasteiger partial charge >= 0.3 is 5.97 Å². The molecule has 4 nitrogen and oxygen atoms in total. The van der Waals surface area contributed by atoms with E-state index < -0.39 is 11.6 Å². The van der Waals surface area contributed by atoms with E-state index in [4.69, 9.17) is 9.57 Å². The number of esters is 1. The number of carbonyl (C=O) groups is 1. The molecule has 0 aliphatic carbocycles. The first kappa shape index (κ1) is 13.1. The molecule has 0 bridgehead atoms. The zero-order valence-corrected chi connectivity index (χ0v) is 9.29. The number of hydrogen-bond acceptors (Lipinski definition) is 4. The van der Waals surface area contributed by atoms with Gasteiger partial charge in [-0.05, 0) is 27.7 Å². The summed E-state index contributed by atoms with van der Waals surface area (Å²) >= 11 is 0. The average Bonchev–Trinajstić information content (AvgIpc) is 2.01. The van der Waals surface area contributed by atoms with Gasteiger partial charge < -0.3 is 4.74 Å². The van der Waals surface area contributed by atoms with Crippen molar-refractivity contribution in [3.8, 4) is 0 Å². The van der Waals surface area contributed by atoms with Gasteiger partial charge in [-0.15, -0.1) is 6.58 Å². The zero-order chi connectivity index (χ0) is 11.2. The van der Waals surface area contributed by atoms with Crippen molar-refractivity contribution in [2.24, 2.45) is 0 Å². The summed E-state index contributed by atoms with van der Waals surface area (Å²) in [6.45, 7) is 11.0. The number of hydroxylamine groups is 1. The predicted octanol–water partition coefficient (Wildman–Crippen LogP) is 1.42. The molecule has 0 aromatic carbocycles. The molecule has 82 valence electrons. The van der Waals surface area contributed by atoms with Crippen LogP contribution in [-0.4, -0.2) is 24.2 Å². The molecule has 0 aromatic rings. The highest BCUT2D eigenvalue weighted by Crippen LogP contribution is 2.08. The fourth-order valence-corrected chi connectivity index (χ4v) is 0.670. The van der Waals surface area contributed by atoms with Gasteiger partial charge in [0.1, 0.15) is 11.6 Å². The zero-order valence-electron chi connectivity index (χ0n) is 9.29. The second kappa shape index (κ2) is 5.78. The molecule has 1 atom stereocenters. The first-order valence-electron chi connectivity index (χ1n) is 4.58. The first-order chi connectivity index (χ1) is 6.37. The van der Waals surface area contributed by atoms with E-state index in [1.54, 1.807) is 13.0 Å². The SMILES string of the molecule is C=CCON[C@H](C)C(=O)OC(C)(C)C. The van der Waals surface area contributed by atoms with Crippen molar-refractivity contribution in [1.82, 2.24) is 5.48 Å². The summed E-state index contributed by atoms with van der Waals surface area (Å²) in [4.78, 5) is 16.3. The minimum Gasteiger partial charge on any atom is -0.459 e. The van der Waals surface area contributed by atoms with E-state index in [0.717, 1.165) is 0 Å². The van der Waals surface area contributed by atoms with Crippen molar-refractivity contribution < 1.29 is 14.4 Å². The smallest absolute Gasteiger partial charge is 0.325 e. The van der Waals surface area contributed by atoms with Gasteiger partial charge in [0.15, 0.2) is 0 Å². The van der Waals surface area contributed by atoms with Crippen molar-refractivity contribution in [1.29, 1.82) is 0 Å². The normalized spacial score (nSPS) is 13.4. The number of rotatable bonds is 5. The summed E-state index contributed by atoms with van der Waals surface area (Å²) in [5, 5.41) is 0. The fourth-order valence-electron chi connectivity index (χ4n) is 0.670. The van der Waals surface area contributed by atoms with Crippen LogP contribution in [0.3, 0.4) is 0 Å². The van der Waals surface area contributed by atoms with Gasteiger partial charge in [0.25, 0.3) is 0 Å². The Balaban J connectivity index is 3.82. The summed E-state index contributed by atoms with van der Waals surface area (Å²) in [5.41, 5.74) is 2.09. The summed E-state index contributed by atoms with van der Waals surface area (Å²) in [6.07, 6.45) is 1.59. The molecule has 1 N–H and O–H groups in total. The largest absolute Gasteiger partial charge is 0.459 e. The Labute approximate surface area is 85.2 Å². The average molecular weight is 201 g/mol. The van der Waals surface area contributed by atoms with Crippen LogP contribution < -0.4 is 5.48 Å². The van der Waals surface area contributed by atoms with Crippen molar-refractivity contribution in [2.45, 2.75) is 39.3 Å². The minimum absolute atomic E-state index is 0.332. The van der Waals surface area contributed by atoms with Crippen molar-refractivity contribution >= 4 is 5.97 Å². The Hall–Kier alpha value is -0.870. The number of hydrogen-bond donors (Lipinski definition) is 1. The van der Waals surface area contributed by atoms with E-state index in [-0.39, 0.29) is 5.97 Å². The number of nitrogens with one attached hydrogen (secondary N) is 1. The summed E-state index contributed by atoms with van der Waals surface area (Å²) in [6, 6.07) is -0.478. The molecule has 0 radical (unpaired) electrons. The van der Waals surface area contributed by atoms with Gasteiger partial charge in [-0.3, -0.25) is 9.63 Å². The van der Waals surface area contributed by atoms with Gasteiger partial charge in [-0.25, -0.2) is 0 Å². The van der Waals surface area contributed by atoms with Gasteiger partial charge in [0.2, 0.25) is 0 Å². The van der Waals surface area contributed by atoms with Crippen LogP contribution in [0.25, 0.3) is 0 Å². The third-order valence-corrected chi connectivity index (χ3v) is 1.22. The van der Waals surface area contributed by atoms with Gasteiger partial charge in [0.05, 0.1) is 6.61 Å². The lowest BCUT2D eigenvalue weighted by Gasteiger charge is -2.22. The molecule has 0 aromatic heterocycles. The quantitative estimate of drug-likeness (QED) is 0.316. The second-order valence-electron chi connectivity index (χ2n) is 3.97. The predicted molar refractivity (Wildman–Crippen MR) is 54.6 cm³/mol. The molecular formula is C10H19NO3. The molecule has 0 saturated carbocycles. The van der Waals surface area contributed by atoms with E-state index in [9.17, 15) is 4.79 Å². The molecule has 0 amide bonds. The summed E-state index contributed by atoms with van der Waals surface area (Å²) in [5.74, 6) is -0.332. The maximum atomic E-state index is 11.4. The lowest BCUT2D eigenvalue weighted by Crippen LogP contribution is -2.39. The van der Waals surface area contributed by atoms with Crippen LogP contribution in [0.5, 0.6) is 0 Å². The Morgan fingerprint density at radius 3 is 2.57 bits per heavy atom. The Kier molecular flexibility index (Phi) is 5.42. The van der Waals surface area contributed by atoms with E-state index in [2.05, 4.69) is 12.1 Å². The summed E-state index contributed by atoms with van der Waals surface area (Å²) < 4.78 is 5.12. The Morgan fingerprint density at radius 2 is 2.14 bits per heavy atom. The van der Waals surface area contributed by atoms with Gasteiger partial charge in [-0.1, -0.05) is 6.08 Å². The lowest BCUT2D eigenvalue weighted by atomic mass is 10.2. The molecule has 0 saturated heterocycles. The van der Waals surface area contributed by atoms with Crippen LogP contribution in [0, 0.1) is 0 Å². The van der Waals surface area contributed by atoms with E-state index >= 15 is 0 Å². The monoisotopic (exact) mass is 201 g/mol. The lowest BCUT2D eigenvalue weighted by molar-refractivity contribution is -0.160. The van der Waals surface area contributed by atoms with Crippen LogP contribution in [0.2, 0.25) is 0 Å². The molecular weight excluding hydrogens is 182 g/mol. The first-order valence-corrected chi connectivity index (χ1v) is 4.58. The standard InChI is InChI=1S/C10H19NO3/c1-6-7-13-11-8(2)9(12)14-10(3,4)5/h6,8,11H,1,7H2,2-5H3/t8-/m1/s1. The number of ether oxygens (including phenoxy) is 1. The third-order valence-electron chi connectivity index (χ3n) is 1.22. The van der Waals surface area contributed by atoms with Crippen LogP contribution in [0.1, 0.15) is 27.7 Å². The maximum absolute atomic E-state index is 11.4. The van der Waals surface area contributed by atoms with Crippen molar-refractivity contribution in [3.63, 3.8) is 0 Å². The van der Waals surface area contributed by atoms with Crippen molar-refractivity contribution in [3.05, 3.63) is 12.7 Å². The molecule has 4 heteroatoms. The molecule has 0 aliphatic rings. The highest BCUT2D eigenvalue weighted by Gasteiger charge is 2.21. The van der Waals surface area contributed by atoms with Gasteiger partial charge in [0, 0.05) is 0 Å². The van der Waals surface area contributed by atoms with Crippen LogP contribution >= 0.6 is 0 Å². The Bertz CT molecular complexity index is 196. The van der Waals surface area contributed by atoms with Crippen molar-refractivity contribution in [2.75, 3.05) is 6.61 Å². The summed E-state index contributed by atoms with van der Waals surface area (Å²) in [7, 11) is 0. The van der Waals surface area contributed by atoms with Crippen LogP contribution in [-0.2, 0) is 14.4 Å². The van der Waals surface area contributed by atoms with Gasteiger partial charge in [-0.2, -0.15) is 5.48 Å². The molecule has 0 unspecified atom stereocenters. The number of carbonyl (C=O) groups excluding carboxylic acids is 1. The topological polar surface area (TPSA) is 47.6 Å². The van der Waals surface area contributed by atoms with E-state index in [1.165, 1.54) is 0 Å². The molecule has 0 spiro atoms. The highest BCUT2D eigenvalue weighted by atomic mass is 16.6. The van der Waals surface area contributed by atoms with Crippen LogP contribution in [0.15, 0.2) is 12.7 Å². The third kappa shape index (κ3) is 6.62. The van der Waals surface area contributed by atoms with E-state index in [0.29, 0.717) is 6.61 Å². The molecule has 0 fully saturated rings. The van der Waals surface area contributed by atoms with E-state index in [1.807, 2.05) is 20.8 Å². The van der Waals surface area contributed by atoms with Crippen LogP contribution in [0.4, 0.5) is 0 Å². The Morgan fingerprint density at radius 1 is 1.57 bits per heavy atom. The molecule has 0 aliphatic heterocycles. The minimum atomic E-state index is -0.478. The molecule has 0 rings (SSSR count). The highest BCUT2D eigenvalue weighted by molar-refractivity contribution is 5.75. The second-order valence-corrected chi connectivity index (χ2v) is 3.97. The molecule has 14 heavy (non-hydrogen) atoms.